The van der Waals surface area contributed by atoms with E-state index < -0.39 is 0 Å². The van der Waals surface area contributed by atoms with Crippen LogP contribution in [-0.2, 0) is 80.4 Å². The van der Waals surface area contributed by atoms with Crippen molar-refractivity contribution in [2.24, 2.45) is 0 Å². The van der Waals surface area contributed by atoms with E-state index in [1.54, 1.807) is 0 Å². The van der Waals surface area contributed by atoms with Crippen molar-refractivity contribution in [3.8, 4) is 102 Å². The zero-order valence-electron chi connectivity index (χ0n) is 81.1. The molecule has 0 aliphatic rings. The Morgan fingerprint density at radius 2 is 0.483 bits per heavy atom. The minimum absolute atomic E-state index is 0. The number of nitrogens with zero attached hydrogens (tertiary/aromatic N) is 16. The van der Waals surface area contributed by atoms with E-state index >= 15 is 0 Å². The molecule has 0 saturated heterocycles. The molecule has 0 atom stereocenters. The Balaban J connectivity index is 0.000000125. The quantitative estimate of drug-likeness (QED) is 0.104. The molecule has 143 heavy (non-hydrogen) atoms. The van der Waals surface area contributed by atoms with Gasteiger partial charge >= 0.3 is 0 Å². The summed E-state index contributed by atoms with van der Waals surface area (Å²) in [5, 5.41) is 45.6. The minimum atomic E-state index is 0. The van der Waals surface area contributed by atoms with Crippen molar-refractivity contribution in [2.75, 3.05) is 0 Å². The first-order chi connectivity index (χ1) is 67.8. The van der Waals surface area contributed by atoms with Crippen molar-refractivity contribution < 1.29 is 80.4 Å². The number of hydrogen-bond acceptors (Lipinski definition) is 8. The average molecular weight is 2570 g/mol. The van der Waals surface area contributed by atoms with Crippen molar-refractivity contribution in [1.29, 1.82) is 0 Å². The third kappa shape index (κ3) is 18.4. The molecule has 710 valence electrons. The van der Waals surface area contributed by atoms with Crippen LogP contribution in [0.1, 0.15) is 73.4 Å². The predicted octanol–water partition coefficient (Wildman–Crippen LogP) is 29.0. The van der Waals surface area contributed by atoms with Gasteiger partial charge in [0, 0.05) is 190 Å². The number of fused-ring (bicyclic) bond motifs is 12. The molecule has 0 amide bonds. The summed E-state index contributed by atoms with van der Waals surface area (Å²) in [6, 6.07) is 140. The van der Waals surface area contributed by atoms with Crippen LogP contribution < -0.4 is 0 Å². The van der Waals surface area contributed by atoms with Gasteiger partial charge in [0.2, 0.25) is 0 Å². The van der Waals surface area contributed by atoms with Crippen LogP contribution in [0.15, 0.2) is 358 Å². The van der Waals surface area contributed by atoms with Crippen LogP contribution in [0.4, 0.5) is 0 Å². The van der Waals surface area contributed by atoms with Gasteiger partial charge < -0.3 is 36.5 Å². The van der Waals surface area contributed by atoms with Gasteiger partial charge in [-0.25, -0.2) is 0 Å². The molecular weight excluding hydrogens is 2470 g/mol. The number of benzene rings is 17. The molecular formula is C123H98Ir4N16-4. The fraction of sp³-hybridized carbons (Fsp3) is 0.106. The van der Waals surface area contributed by atoms with Crippen molar-refractivity contribution >= 4 is 87.2 Å². The minimum Gasteiger partial charge on any atom is -0.351 e. The maximum atomic E-state index is 4.62. The van der Waals surface area contributed by atoms with E-state index in [0.717, 1.165) is 120 Å². The van der Waals surface area contributed by atoms with Gasteiger partial charge in [0.15, 0.2) is 0 Å². The zero-order valence-corrected chi connectivity index (χ0v) is 90.6. The summed E-state index contributed by atoms with van der Waals surface area (Å²) in [4.78, 5) is 0. The molecule has 0 fully saturated rings. The van der Waals surface area contributed by atoms with Gasteiger partial charge in [0.25, 0.3) is 0 Å². The van der Waals surface area contributed by atoms with Crippen LogP contribution >= 0.6 is 0 Å². The first kappa shape index (κ1) is 98.3. The van der Waals surface area contributed by atoms with Crippen molar-refractivity contribution in [3.05, 3.63) is 456 Å². The number of rotatable bonds is 13. The molecule has 16 nitrogen and oxygen atoms in total. The number of aromatic nitrogens is 16. The summed E-state index contributed by atoms with van der Waals surface area (Å²) in [5.41, 5.74) is 35.5. The molecule has 0 spiro atoms. The topological polar surface area (TPSA) is 143 Å². The van der Waals surface area contributed by atoms with Crippen molar-refractivity contribution in [1.82, 2.24) is 77.3 Å². The molecule has 8 heterocycles. The van der Waals surface area contributed by atoms with Crippen LogP contribution in [0.25, 0.3) is 189 Å². The zero-order chi connectivity index (χ0) is 95.0. The van der Waals surface area contributed by atoms with E-state index in [4.69, 9.17) is 0 Å². The summed E-state index contributed by atoms with van der Waals surface area (Å²) in [6.45, 7) is 27.4. The summed E-state index contributed by atoms with van der Waals surface area (Å²) in [5.74, 6) is 6.57. The SMILES string of the molecule is Cc1cc(-c2nnc(C)n2-c2ccccc2)[c-]cc1-n1c2ccccc2c2ccccc21.Cc1cc(C)cc(-c2cc(C)c(-n3c(C)nnc3-c3[c-]cc(-n4c5ccccc5c5ccccc54)cc3)c(C)c2)c1.Cc1cc2c3ccccc3n(-c3c[c-]c(-c4nnc(C)n4-c4ccccc4)cc3)c2cc1C.Cc1ccc2c(c1)c1cc(C)ccc1n2-c1c[c-]c(-c2nnc(C)n2-c2ccccc2)cc1.[Ir].[Ir].[Ir].[Ir]. The molecule has 0 saturated carbocycles. The molecule has 0 unspecified atom stereocenters. The smallest absolute Gasteiger partial charge is 0.125 e. The van der Waals surface area contributed by atoms with Crippen LogP contribution in [0.3, 0.4) is 0 Å². The van der Waals surface area contributed by atoms with E-state index in [1.807, 2.05) is 88.4 Å². The fourth-order valence-corrected chi connectivity index (χ4v) is 20.2. The van der Waals surface area contributed by atoms with Gasteiger partial charge in [-0.2, -0.15) is 20.4 Å². The van der Waals surface area contributed by atoms with Crippen LogP contribution in [0.2, 0.25) is 0 Å². The van der Waals surface area contributed by atoms with Gasteiger partial charge in [0.05, 0.1) is 23.3 Å². The average Bonchev–Trinajstić information content (AvgIpc) is 1.59. The number of para-hydroxylation sites is 8. The molecule has 0 bridgehead atoms. The summed E-state index contributed by atoms with van der Waals surface area (Å²) >= 11 is 0. The largest absolute Gasteiger partial charge is 0.351 e. The second-order valence-corrected chi connectivity index (χ2v) is 36.2. The van der Waals surface area contributed by atoms with E-state index in [9.17, 15) is 0 Å². The molecule has 8 aromatic heterocycles. The maximum absolute atomic E-state index is 4.62. The Kier molecular flexibility index (Phi) is 28.4. The second-order valence-electron chi connectivity index (χ2n) is 36.2. The molecule has 25 aromatic rings. The monoisotopic (exact) mass is 2570 g/mol. The number of aryl methyl sites for hydroxylation is 13. The van der Waals surface area contributed by atoms with Gasteiger partial charge in [-0.15, -0.1) is 139 Å². The molecule has 0 aliphatic heterocycles. The molecule has 17 aromatic carbocycles. The van der Waals surface area contributed by atoms with Crippen LogP contribution in [0, 0.1) is 114 Å². The van der Waals surface area contributed by atoms with Crippen molar-refractivity contribution in [2.45, 2.75) is 90.0 Å². The Hall–Kier alpha value is -14.9. The van der Waals surface area contributed by atoms with E-state index in [-0.39, 0.29) is 80.4 Å². The summed E-state index contributed by atoms with van der Waals surface area (Å²) in [6.07, 6.45) is 0. The van der Waals surface area contributed by atoms with Crippen LogP contribution in [0.5, 0.6) is 0 Å². The van der Waals surface area contributed by atoms with E-state index in [0.29, 0.717) is 0 Å². The van der Waals surface area contributed by atoms with E-state index in [1.165, 1.54) is 143 Å². The summed E-state index contributed by atoms with van der Waals surface area (Å²) in [7, 11) is 0. The second kappa shape index (κ2) is 41.3. The standard InChI is InChI=1S/C37H31N4.2C29H23N4.C28H21N4.4Ir/c1-23-18-24(2)20-29(19-23)30-21-25(3)36(26(4)22-30)40-27(5)38-39-37(40)28-14-16-31(17-15-28)41-34-12-8-6-10-32(34)33-11-7-9-13-35(33)41;1-19-17-26-25-11-7-8-12-27(25)33(28(26)18-20(19)2)24-15-13-22(14-16-24)29-31-30-21(3)32(29)23-9-5-4-6-10-23;1-19-9-15-27-25(17-19)26-18-20(2)10-16-28(26)33(27)24-13-11-22(12-14-24)29-31-30-21(3)32(29)23-7-5-4-6-8-23;1-19-18-21(28-30-29-20(2)31(28)22-10-4-3-5-11-22)16-17-25(19)32-26-14-8-6-12-23(26)24-13-7-9-15-27(24)32;;;;/h6-14,16-22H,1-5H3;4-13,15-18H,1-3H3;4-11,13-18H,1-3H3;3-15,17-18H,1-2H3;;;;/q4*-1;;;;. The Morgan fingerprint density at radius 3 is 0.853 bits per heavy atom. The Morgan fingerprint density at radius 1 is 0.182 bits per heavy atom. The normalized spacial score (nSPS) is 11.2. The molecule has 0 N–H and O–H groups in total. The third-order valence-corrected chi connectivity index (χ3v) is 26.6. The van der Waals surface area contributed by atoms with Gasteiger partial charge in [-0.05, 0) is 254 Å². The molecule has 4 radical (unpaired) electrons. The molecule has 25 rings (SSSR count). The van der Waals surface area contributed by atoms with Gasteiger partial charge in [-0.3, -0.25) is 0 Å². The fourth-order valence-electron chi connectivity index (χ4n) is 20.2. The summed E-state index contributed by atoms with van der Waals surface area (Å²) < 4.78 is 17.7. The third-order valence-electron chi connectivity index (χ3n) is 26.6. The molecule has 20 heteroatoms. The predicted molar refractivity (Wildman–Crippen MR) is 567 cm³/mol. The van der Waals surface area contributed by atoms with Gasteiger partial charge in [-0.1, -0.05) is 205 Å². The maximum Gasteiger partial charge on any atom is 0.125 e. The van der Waals surface area contributed by atoms with Gasteiger partial charge in [0.1, 0.15) is 23.3 Å². The van der Waals surface area contributed by atoms with Crippen molar-refractivity contribution in [3.63, 3.8) is 0 Å². The molecule has 0 aliphatic carbocycles. The van der Waals surface area contributed by atoms with E-state index in [2.05, 4.69) is 461 Å². The Bertz CT molecular complexity index is 8820. The first-order valence-electron chi connectivity index (χ1n) is 47.0. The Labute approximate surface area is 884 Å². The number of hydrogen-bond donors (Lipinski definition) is 0. The van der Waals surface area contributed by atoms with Crippen LogP contribution in [-0.4, -0.2) is 77.3 Å². The first-order valence-corrected chi connectivity index (χ1v) is 47.0.